The quantitative estimate of drug-likeness (QED) is 0.467. The number of halogens is 1. The third-order valence-electron chi connectivity index (χ3n) is 0.556. The average molecular weight is 100 g/mol. The van der Waals surface area contributed by atoms with Crippen molar-refractivity contribution in [2.75, 3.05) is 0 Å². The Balaban J connectivity index is 3.09. The van der Waals surface area contributed by atoms with Gasteiger partial charge in [-0.05, 0) is 12.5 Å². The maximum atomic E-state index is 11.1. The molecule has 0 aromatic heterocycles. The summed E-state index contributed by atoms with van der Waals surface area (Å²) in [5.41, 5.74) is 0. The summed E-state index contributed by atoms with van der Waals surface area (Å²) in [6.07, 6.45) is 6.41. The fourth-order valence-electron chi connectivity index (χ4n) is 0.257. The molecule has 0 aromatic rings. The fourth-order valence-corrected chi connectivity index (χ4v) is 0.257. The van der Waals surface area contributed by atoms with Crippen LogP contribution in [-0.4, -0.2) is 0 Å². The molecule has 0 rings (SSSR count). The van der Waals surface area contributed by atoms with Gasteiger partial charge in [-0.3, -0.25) is 0 Å². The lowest BCUT2D eigenvalue weighted by molar-refractivity contribution is 0.721. The molecule has 0 N–H and O–H groups in total. The van der Waals surface area contributed by atoms with E-state index in [0.29, 0.717) is 6.33 Å². The van der Waals surface area contributed by atoms with Gasteiger partial charge in [-0.1, -0.05) is 19.1 Å². The van der Waals surface area contributed by atoms with Gasteiger partial charge in [-0.15, -0.1) is 0 Å². The van der Waals surface area contributed by atoms with Crippen molar-refractivity contribution < 1.29 is 4.39 Å². The lowest BCUT2D eigenvalue weighted by Crippen LogP contribution is -1.48. The zero-order valence-corrected chi connectivity index (χ0v) is 4.39. The summed E-state index contributed by atoms with van der Waals surface area (Å²) in [5.74, 6) is 0. The van der Waals surface area contributed by atoms with Crippen LogP contribution in [0.4, 0.5) is 4.39 Å². The molecule has 0 atom stereocenters. The van der Waals surface area contributed by atoms with Gasteiger partial charge < -0.3 is 0 Å². The molecule has 0 nitrogen and oxygen atoms in total. The van der Waals surface area contributed by atoms with Crippen molar-refractivity contribution in [2.45, 2.75) is 13.3 Å². The van der Waals surface area contributed by atoms with Crippen LogP contribution in [0.3, 0.4) is 0 Å². The van der Waals surface area contributed by atoms with Crippen molar-refractivity contribution >= 4 is 0 Å². The van der Waals surface area contributed by atoms with E-state index in [1.54, 1.807) is 6.08 Å². The topological polar surface area (TPSA) is 0 Å². The number of rotatable bonds is 2. The smallest absolute Gasteiger partial charge is 0.0866 e. The van der Waals surface area contributed by atoms with E-state index in [0.717, 1.165) is 6.42 Å². The van der Waals surface area contributed by atoms with Gasteiger partial charge in [-0.25, -0.2) is 4.39 Å². The Morgan fingerprint density at radius 2 is 2.14 bits per heavy atom. The first kappa shape index (κ1) is 6.41. The highest BCUT2D eigenvalue weighted by Gasteiger charge is 1.59. The molecule has 0 unspecified atom stereocenters. The molecule has 0 aliphatic carbocycles. The minimum absolute atomic E-state index is 0.520. The van der Waals surface area contributed by atoms with Crippen LogP contribution < -0.4 is 0 Å². The van der Waals surface area contributed by atoms with Crippen LogP contribution >= 0.6 is 0 Å². The third kappa shape index (κ3) is 5.41. The molecule has 0 radical (unpaired) electrons. The molecule has 0 aliphatic rings. The van der Waals surface area contributed by atoms with Gasteiger partial charge >= 0.3 is 0 Å². The van der Waals surface area contributed by atoms with E-state index in [9.17, 15) is 4.39 Å². The zero-order valence-electron chi connectivity index (χ0n) is 4.39. The van der Waals surface area contributed by atoms with Crippen LogP contribution in [0.15, 0.2) is 24.6 Å². The molecule has 0 heterocycles. The van der Waals surface area contributed by atoms with Crippen LogP contribution in [0.2, 0.25) is 0 Å². The van der Waals surface area contributed by atoms with Crippen molar-refractivity contribution in [1.29, 1.82) is 0 Å². The summed E-state index contributed by atoms with van der Waals surface area (Å²) >= 11 is 0. The van der Waals surface area contributed by atoms with E-state index in [1.165, 1.54) is 6.08 Å². The highest BCUT2D eigenvalue weighted by Crippen LogP contribution is 1.80. The summed E-state index contributed by atoms with van der Waals surface area (Å²) in [6.45, 7) is 2.00. The highest BCUT2D eigenvalue weighted by molar-refractivity contribution is 4.98. The van der Waals surface area contributed by atoms with Crippen LogP contribution in [0.1, 0.15) is 13.3 Å². The molecule has 0 amide bonds. The fraction of sp³-hybridized carbons (Fsp3) is 0.333. The van der Waals surface area contributed by atoms with E-state index in [2.05, 4.69) is 0 Å². The molecule has 0 saturated heterocycles. The first-order valence-corrected chi connectivity index (χ1v) is 2.33. The third-order valence-corrected chi connectivity index (χ3v) is 0.556. The van der Waals surface area contributed by atoms with Gasteiger partial charge in [0.05, 0.1) is 6.33 Å². The maximum Gasteiger partial charge on any atom is 0.0866 e. The van der Waals surface area contributed by atoms with Crippen molar-refractivity contribution in [2.24, 2.45) is 0 Å². The van der Waals surface area contributed by atoms with E-state index in [-0.39, 0.29) is 0 Å². The highest BCUT2D eigenvalue weighted by atomic mass is 19.1. The van der Waals surface area contributed by atoms with E-state index < -0.39 is 0 Å². The molecule has 0 spiro atoms. The van der Waals surface area contributed by atoms with Gasteiger partial charge in [0.25, 0.3) is 0 Å². The Morgan fingerprint density at radius 1 is 1.43 bits per heavy atom. The van der Waals surface area contributed by atoms with Gasteiger partial charge in [0.1, 0.15) is 0 Å². The SMILES string of the molecule is CC/C=C\C=C/F. The molecule has 1 heteroatoms. The van der Waals surface area contributed by atoms with Gasteiger partial charge in [0.15, 0.2) is 0 Å². The van der Waals surface area contributed by atoms with E-state index in [1.807, 2.05) is 13.0 Å². The second-order valence-corrected chi connectivity index (χ2v) is 1.15. The van der Waals surface area contributed by atoms with Crippen molar-refractivity contribution in [1.82, 2.24) is 0 Å². The van der Waals surface area contributed by atoms with Gasteiger partial charge in [0.2, 0.25) is 0 Å². The Kier molecular flexibility index (Phi) is 4.95. The summed E-state index contributed by atoms with van der Waals surface area (Å²) < 4.78 is 11.1. The van der Waals surface area contributed by atoms with Crippen LogP contribution in [0, 0.1) is 0 Å². The number of allylic oxidation sites excluding steroid dienone is 3. The summed E-state index contributed by atoms with van der Waals surface area (Å²) in [4.78, 5) is 0. The minimum Gasteiger partial charge on any atom is -0.216 e. The lowest BCUT2D eigenvalue weighted by Gasteiger charge is -1.69. The summed E-state index contributed by atoms with van der Waals surface area (Å²) in [6, 6.07) is 0. The predicted molar refractivity (Wildman–Crippen MR) is 29.7 cm³/mol. The Bertz CT molecular complexity index is 72.2. The van der Waals surface area contributed by atoms with Gasteiger partial charge in [0, 0.05) is 0 Å². The van der Waals surface area contributed by atoms with Crippen LogP contribution in [-0.2, 0) is 0 Å². The molecule has 0 saturated carbocycles. The summed E-state index contributed by atoms with van der Waals surface area (Å²) in [5, 5.41) is 0. The van der Waals surface area contributed by atoms with Crippen LogP contribution in [0.5, 0.6) is 0 Å². The predicted octanol–water partition coefficient (Wildman–Crippen LogP) is 2.44. The minimum atomic E-state index is 0.520. The Labute approximate surface area is 43.4 Å². The molecule has 0 bridgehead atoms. The van der Waals surface area contributed by atoms with E-state index in [4.69, 9.17) is 0 Å². The monoisotopic (exact) mass is 100 g/mol. The van der Waals surface area contributed by atoms with E-state index >= 15 is 0 Å². The second kappa shape index (κ2) is 5.41. The molecule has 0 aliphatic heterocycles. The molecule has 0 aromatic carbocycles. The molecule has 40 valence electrons. The molecule has 7 heavy (non-hydrogen) atoms. The van der Waals surface area contributed by atoms with Crippen molar-refractivity contribution in [3.8, 4) is 0 Å². The molecular weight excluding hydrogens is 91.1 g/mol. The molecular formula is C6H9F. The normalized spacial score (nSPS) is 11.7. The first-order valence-electron chi connectivity index (χ1n) is 2.33. The standard InChI is InChI=1S/C6H9F/c1-2-3-4-5-6-7/h3-6H,2H2,1H3/b4-3-,6-5-. The number of hydrogen-bond donors (Lipinski definition) is 0. The zero-order chi connectivity index (χ0) is 5.54. The Morgan fingerprint density at radius 3 is 2.57 bits per heavy atom. The largest absolute Gasteiger partial charge is 0.216 e. The molecule has 0 fully saturated rings. The Hall–Kier alpha value is -0.590. The lowest BCUT2D eigenvalue weighted by atomic mass is 10.4. The number of hydrogen-bond acceptors (Lipinski definition) is 0. The van der Waals surface area contributed by atoms with Gasteiger partial charge in [-0.2, -0.15) is 0 Å². The maximum absolute atomic E-state index is 11.1. The first-order chi connectivity index (χ1) is 3.41. The van der Waals surface area contributed by atoms with Crippen molar-refractivity contribution in [3.63, 3.8) is 0 Å². The average Bonchev–Trinajstić information content (AvgIpc) is 1.69. The second-order valence-electron chi connectivity index (χ2n) is 1.15. The summed E-state index contributed by atoms with van der Waals surface area (Å²) in [7, 11) is 0. The van der Waals surface area contributed by atoms with Crippen molar-refractivity contribution in [3.05, 3.63) is 24.6 Å². The van der Waals surface area contributed by atoms with Crippen LogP contribution in [0.25, 0.3) is 0 Å².